The highest BCUT2D eigenvalue weighted by atomic mass is 127. The van der Waals surface area contributed by atoms with E-state index in [-0.39, 0.29) is 0 Å². The van der Waals surface area contributed by atoms with Crippen molar-refractivity contribution in [3.63, 3.8) is 0 Å². The summed E-state index contributed by atoms with van der Waals surface area (Å²) in [6.45, 7) is 4.33. The van der Waals surface area contributed by atoms with Gasteiger partial charge in [-0.3, -0.25) is 0 Å². The van der Waals surface area contributed by atoms with Crippen LogP contribution >= 0.6 is 22.6 Å². The van der Waals surface area contributed by atoms with E-state index < -0.39 is 0 Å². The molecule has 1 aromatic rings. The second-order valence-corrected chi connectivity index (χ2v) is 4.49. The lowest BCUT2D eigenvalue weighted by Gasteiger charge is -2.06. The van der Waals surface area contributed by atoms with Crippen LogP contribution in [0.2, 0.25) is 0 Å². The zero-order chi connectivity index (χ0) is 9.84. The molecule has 0 spiro atoms. The molecule has 0 atom stereocenters. The Hall–Kier alpha value is -0.390. The van der Waals surface area contributed by atoms with Gasteiger partial charge in [0.05, 0.1) is 3.57 Å². The largest absolute Gasteiger partial charge is 0.372 e. The summed E-state index contributed by atoms with van der Waals surface area (Å²) in [5, 5.41) is 3.05. The van der Waals surface area contributed by atoms with Gasteiger partial charge >= 0.3 is 0 Å². The van der Waals surface area contributed by atoms with E-state index in [9.17, 15) is 0 Å². The Morgan fingerprint density at radius 2 is 2.23 bits per heavy atom. The Kier molecular flexibility index (Phi) is 3.90. The molecule has 13 heavy (non-hydrogen) atoms. The standard InChI is InChI=1S/C9H14IN3/c1-6(2)4-8-12-5-7(10)9(11-3)13-8/h5-6H,4H2,1-3H3,(H,11,12,13). The van der Waals surface area contributed by atoms with E-state index in [2.05, 4.69) is 51.7 Å². The first kappa shape index (κ1) is 10.7. The van der Waals surface area contributed by atoms with Gasteiger partial charge in [-0.2, -0.15) is 0 Å². The van der Waals surface area contributed by atoms with Crippen molar-refractivity contribution in [3.8, 4) is 0 Å². The van der Waals surface area contributed by atoms with Crippen LogP contribution in [0.1, 0.15) is 19.7 Å². The lowest BCUT2D eigenvalue weighted by atomic mass is 10.1. The molecule has 0 saturated carbocycles. The van der Waals surface area contributed by atoms with Crippen molar-refractivity contribution in [1.82, 2.24) is 9.97 Å². The van der Waals surface area contributed by atoms with Gasteiger partial charge in [-0.15, -0.1) is 0 Å². The molecule has 0 fully saturated rings. The minimum absolute atomic E-state index is 0.602. The van der Waals surface area contributed by atoms with E-state index in [0.717, 1.165) is 21.6 Å². The van der Waals surface area contributed by atoms with Gasteiger partial charge in [0, 0.05) is 19.7 Å². The number of aromatic nitrogens is 2. The maximum Gasteiger partial charge on any atom is 0.142 e. The Morgan fingerprint density at radius 3 is 2.77 bits per heavy atom. The minimum Gasteiger partial charge on any atom is -0.372 e. The van der Waals surface area contributed by atoms with Crippen molar-refractivity contribution in [2.75, 3.05) is 12.4 Å². The Morgan fingerprint density at radius 1 is 1.54 bits per heavy atom. The molecule has 0 bridgehead atoms. The smallest absolute Gasteiger partial charge is 0.142 e. The fraction of sp³-hybridized carbons (Fsp3) is 0.556. The Labute approximate surface area is 92.5 Å². The van der Waals surface area contributed by atoms with E-state index in [1.54, 1.807) is 0 Å². The van der Waals surface area contributed by atoms with Crippen LogP contribution < -0.4 is 5.32 Å². The third kappa shape index (κ3) is 3.10. The van der Waals surface area contributed by atoms with Gasteiger partial charge in [-0.05, 0) is 28.5 Å². The molecule has 0 radical (unpaired) electrons. The number of rotatable bonds is 3. The van der Waals surface area contributed by atoms with Crippen molar-refractivity contribution in [2.24, 2.45) is 5.92 Å². The van der Waals surface area contributed by atoms with Crippen LogP contribution in [0.4, 0.5) is 5.82 Å². The molecule has 1 N–H and O–H groups in total. The molecule has 0 unspecified atom stereocenters. The Bertz CT molecular complexity index is 286. The van der Waals surface area contributed by atoms with Gasteiger partial charge < -0.3 is 5.32 Å². The van der Waals surface area contributed by atoms with Crippen LogP contribution in [0.15, 0.2) is 6.20 Å². The van der Waals surface area contributed by atoms with Crippen molar-refractivity contribution in [1.29, 1.82) is 0 Å². The first-order valence-corrected chi connectivity index (χ1v) is 5.40. The van der Waals surface area contributed by atoms with Gasteiger partial charge in [0.15, 0.2) is 0 Å². The van der Waals surface area contributed by atoms with Gasteiger partial charge in [-0.1, -0.05) is 13.8 Å². The van der Waals surface area contributed by atoms with Crippen molar-refractivity contribution in [2.45, 2.75) is 20.3 Å². The third-order valence-corrected chi connectivity index (χ3v) is 2.41. The average Bonchev–Trinajstić information content (AvgIpc) is 2.07. The number of hydrogen-bond donors (Lipinski definition) is 1. The highest BCUT2D eigenvalue weighted by Gasteiger charge is 2.04. The average molecular weight is 291 g/mol. The van der Waals surface area contributed by atoms with Crippen LogP contribution in [0.25, 0.3) is 0 Å². The first-order valence-electron chi connectivity index (χ1n) is 4.32. The maximum absolute atomic E-state index is 4.40. The van der Waals surface area contributed by atoms with Crippen LogP contribution in [0.3, 0.4) is 0 Å². The van der Waals surface area contributed by atoms with E-state index in [4.69, 9.17) is 0 Å². The summed E-state index contributed by atoms with van der Waals surface area (Å²) in [5.74, 6) is 2.44. The fourth-order valence-corrected chi connectivity index (χ4v) is 1.57. The minimum atomic E-state index is 0.602. The molecule has 0 aliphatic heterocycles. The number of halogens is 1. The molecule has 0 aliphatic rings. The van der Waals surface area contributed by atoms with Crippen LogP contribution in [0, 0.1) is 9.49 Å². The second kappa shape index (κ2) is 4.74. The SMILES string of the molecule is CNc1nc(CC(C)C)ncc1I. The summed E-state index contributed by atoms with van der Waals surface area (Å²) in [6, 6.07) is 0. The molecule has 1 heterocycles. The summed E-state index contributed by atoms with van der Waals surface area (Å²) in [7, 11) is 1.88. The molecular formula is C9H14IN3. The number of nitrogens with one attached hydrogen (secondary N) is 1. The molecule has 0 aliphatic carbocycles. The number of anilines is 1. The summed E-state index contributed by atoms with van der Waals surface area (Å²) in [6.07, 6.45) is 2.79. The zero-order valence-corrected chi connectivity index (χ0v) is 10.3. The van der Waals surface area contributed by atoms with Crippen molar-refractivity contribution >= 4 is 28.4 Å². The second-order valence-electron chi connectivity index (χ2n) is 3.33. The summed E-state index contributed by atoms with van der Waals surface area (Å²) >= 11 is 2.22. The first-order chi connectivity index (χ1) is 6.13. The van der Waals surface area contributed by atoms with E-state index >= 15 is 0 Å². The third-order valence-electron chi connectivity index (χ3n) is 1.62. The van der Waals surface area contributed by atoms with Crippen molar-refractivity contribution in [3.05, 3.63) is 15.6 Å². The highest BCUT2D eigenvalue weighted by molar-refractivity contribution is 14.1. The van der Waals surface area contributed by atoms with Gasteiger partial charge in [-0.25, -0.2) is 9.97 Å². The summed E-state index contributed by atoms with van der Waals surface area (Å²) in [5.41, 5.74) is 0. The zero-order valence-electron chi connectivity index (χ0n) is 8.13. The number of nitrogens with zero attached hydrogens (tertiary/aromatic N) is 2. The lowest BCUT2D eigenvalue weighted by Crippen LogP contribution is -2.04. The molecule has 0 saturated heterocycles. The van der Waals surface area contributed by atoms with Crippen LogP contribution in [-0.4, -0.2) is 17.0 Å². The summed E-state index contributed by atoms with van der Waals surface area (Å²) in [4.78, 5) is 8.67. The number of hydrogen-bond acceptors (Lipinski definition) is 3. The van der Waals surface area contributed by atoms with Gasteiger partial charge in [0.1, 0.15) is 11.6 Å². The van der Waals surface area contributed by atoms with E-state index in [1.807, 2.05) is 13.2 Å². The normalized spacial score (nSPS) is 10.5. The molecule has 72 valence electrons. The molecule has 0 amide bonds. The van der Waals surface area contributed by atoms with Crippen molar-refractivity contribution < 1.29 is 0 Å². The predicted molar refractivity (Wildman–Crippen MR) is 62.8 cm³/mol. The maximum atomic E-state index is 4.40. The van der Waals surface area contributed by atoms with Crippen LogP contribution in [-0.2, 0) is 6.42 Å². The summed E-state index contributed by atoms with van der Waals surface area (Å²) < 4.78 is 1.06. The predicted octanol–water partition coefficient (Wildman–Crippen LogP) is 2.32. The molecule has 4 heteroatoms. The Balaban J connectivity index is 2.86. The molecule has 1 rings (SSSR count). The fourth-order valence-electron chi connectivity index (χ4n) is 1.04. The quantitative estimate of drug-likeness (QED) is 0.869. The molecule has 0 aromatic carbocycles. The van der Waals surface area contributed by atoms with E-state index in [1.165, 1.54) is 0 Å². The molecule has 1 aromatic heterocycles. The van der Waals surface area contributed by atoms with Gasteiger partial charge in [0.2, 0.25) is 0 Å². The van der Waals surface area contributed by atoms with E-state index in [0.29, 0.717) is 5.92 Å². The lowest BCUT2D eigenvalue weighted by molar-refractivity contribution is 0.620. The topological polar surface area (TPSA) is 37.8 Å². The molecule has 3 nitrogen and oxygen atoms in total. The monoisotopic (exact) mass is 291 g/mol. The van der Waals surface area contributed by atoms with Crippen LogP contribution in [0.5, 0.6) is 0 Å². The molecular weight excluding hydrogens is 277 g/mol. The highest BCUT2D eigenvalue weighted by Crippen LogP contribution is 2.14. The van der Waals surface area contributed by atoms with Gasteiger partial charge in [0.25, 0.3) is 0 Å².